The summed E-state index contributed by atoms with van der Waals surface area (Å²) in [4.78, 5) is 26.3. The van der Waals surface area contributed by atoms with Crippen molar-refractivity contribution in [2.24, 2.45) is 0 Å². The molecule has 1 aliphatic heterocycles. The van der Waals surface area contributed by atoms with Gasteiger partial charge >= 0.3 is 0 Å². The highest BCUT2D eigenvalue weighted by molar-refractivity contribution is 5.87. The molecule has 24 heavy (non-hydrogen) atoms. The molecule has 1 aliphatic rings. The number of hydrogen-bond acceptors (Lipinski definition) is 4. The topological polar surface area (TPSA) is 76.5 Å². The molecule has 2 rings (SSSR count). The average molecular weight is 336 g/mol. The first-order valence-electron chi connectivity index (χ1n) is 8.57. The van der Waals surface area contributed by atoms with E-state index in [1.54, 1.807) is 7.11 Å². The van der Waals surface area contributed by atoms with Crippen LogP contribution in [0.5, 0.6) is 0 Å². The molecule has 134 valence electrons. The molecule has 7 nitrogen and oxygen atoms in total. The predicted octanol–water partition coefficient (Wildman–Crippen LogP) is 1.11. The molecule has 0 unspecified atom stereocenters. The van der Waals surface area contributed by atoms with Gasteiger partial charge in [0.1, 0.15) is 6.04 Å². The monoisotopic (exact) mass is 336 g/mol. The third kappa shape index (κ3) is 5.06. The van der Waals surface area contributed by atoms with Crippen molar-refractivity contribution in [3.63, 3.8) is 0 Å². The normalized spacial score (nSPS) is 19.1. The van der Waals surface area contributed by atoms with Crippen molar-refractivity contribution >= 4 is 11.8 Å². The van der Waals surface area contributed by atoms with Gasteiger partial charge in [0.15, 0.2) is 0 Å². The van der Waals surface area contributed by atoms with Gasteiger partial charge in [-0.05, 0) is 38.2 Å². The lowest BCUT2D eigenvalue weighted by Gasteiger charge is -2.38. The number of rotatable bonds is 7. The van der Waals surface area contributed by atoms with Crippen LogP contribution in [0.15, 0.2) is 12.4 Å². The van der Waals surface area contributed by atoms with Gasteiger partial charge in [-0.15, -0.1) is 0 Å². The highest BCUT2D eigenvalue weighted by Crippen LogP contribution is 2.20. The molecule has 2 atom stereocenters. The lowest BCUT2D eigenvalue weighted by atomic mass is 10.00. The number of aromatic nitrogens is 2. The molecule has 1 N–H and O–H groups in total. The highest BCUT2D eigenvalue weighted by atomic mass is 16.5. The molecule has 0 aliphatic carbocycles. The van der Waals surface area contributed by atoms with E-state index >= 15 is 0 Å². The summed E-state index contributed by atoms with van der Waals surface area (Å²) in [5.41, 5.74) is 1.11. The van der Waals surface area contributed by atoms with Crippen LogP contribution in [-0.4, -0.2) is 58.8 Å². The number of aryl methyl sites for hydroxylation is 1. The molecule has 1 saturated heterocycles. The number of carbonyl (C=O) groups excluding carboxylic acids is 2. The molecule has 0 radical (unpaired) electrons. The zero-order valence-electron chi connectivity index (χ0n) is 14.8. The van der Waals surface area contributed by atoms with Gasteiger partial charge < -0.3 is 15.0 Å². The molecule has 0 bridgehead atoms. The summed E-state index contributed by atoms with van der Waals surface area (Å²) in [7, 11) is 1.60. The van der Waals surface area contributed by atoms with Crippen molar-refractivity contribution in [3.05, 3.63) is 18.0 Å². The van der Waals surface area contributed by atoms with Crippen LogP contribution in [0, 0.1) is 6.92 Å². The highest BCUT2D eigenvalue weighted by Gasteiger charge is 2.32. The van der Waals surface area contributed by atoms with Crippen molar-refractivity contribution in [2.45, 2.75) is 58.2 Å². The Morgan fingerprint density at radius 2 is 2.25 bits per heavy atom. The van der Waals surface area contributed by atoms with Gasteiger partial charge in [0, 0.05) is 33.4 Å². The van der Waals surface area contributed by atoms with E-state index in [1.165, 1.54) is 6.92 Å². The maximum Gasteiger partial charge on any atom is 0.245 e. The van der Waals surface area contributed by atoms with E-state index in [0.29, 0.717) is 19.6 Å². The Labute approximate surface area is 143 Å². The second kappa shape index (κ2) is 8.82. The second-order valence-corrected chi connectivity index (χ2v) is 6.46. The molecule has 0 aromatic carbocycles. The smallest absolute Gasteiger partial charge is 0.245 e. The molecular weight excluding hydrogens is 308 g/mol. The van der Waals surface area contributed by atoms with Gasteiger partial charge in [0.2, 0.25) is 11.8 Å². The Morgan fingerprint density at radius 1 is 1.46 bits per heavy atom. The maximum atomic E-state index is 13.0. The maximum absolute atomic E-state index is 13.0. The number of hydrogen-bond donors (Lipinski definition) is 1. The van der Waals surface area contributed by atoms with Crippen molar-refractivity contribution < 1.29 is 14.3 Å². The van der Waals surface area contributed by atoms with Crippen LogP contribution < -0.4 is 5.32 Å². The molecule has 1 fully saturated rings. The van der Waals surface area contributed by atoms with Gasteiger partial charge in [-0.3, -0.25) is 14.3 Å². The van der Waals surface area contributed by atoms with E-state index in [-0.39, 0.29) is 17.9 Å². The first-order valence-corrected chi connectivity index (χ1v) is 8.57. The number of methoxy groups -OCH3 is 1. The van der Waals surface area contributed by atoms with Crippen molar-refractivity contribution in [2.75, 3.05) is 20.3 Å². The van der Waals surface area contributed by atoms with Crippen LogP contribution in [0.2, 0.25) is 0 Å². The number of nitrogens with one attached hydrogen (secondary N) is 1. The summed E-state index contributed by atoms with van der Waals surface area (Å²) in [6.45, 7) is 5.30. The second-order valence-electron chi connectivity index (χ2n) is 6.46. The number of piperidine rings is 1. The molecule has 2 amide bonds. The Morgan fingerprint density at radius 3 is 2.88 bits per heavy atom. The van der Waals surface area contributed by atoms with Gasteiger partial charge in [0.25, 0.3) is 0 Å². The summed E-state index contributed by atoms with van der Waals surface area (Å²) < 4.78 is 6.98. The van der Waals surface area contributed by atoms with Gasteiger partial charge in [-0.1, -0.05) is 0 Å². The predicted molar refractivity (Wildman–Crippen MR) is 90.4 cm³/mol. The molecule has 7 heteroatoms. The average Bonchev–Trinajstić information content (AvgIpc) is 2.96. The number of likely N-dealkylation sites (tertiary alicyclic amines) is 1. The summed E-state index contributed by atoms with van der Waals surface area (Å²) in [6, 6.07) is -0.410. The van der Waals surface area contributed by atoms with Crippen molar-refractivity contribution in [3.8, 4) is 0 Å². The minimum Gasteiger partial charge on any atom is -0.385 e. The first kappa shape index (κ1) is 18.4. The quantitative estimate of drug-likeness (QED) is 0.809. The van der Waals surface area contributed by atoms with Crippen LogP contribution in [0.3, 0.4) is 0 Å². The van der Waals surface area contributed by atoms with E-state index in [1.807, 2.05) is 28.9 Å². The fraction of sp³-hybridized carbons (Fsp3) is 0.706. The van der Waals surface area contributed by atoms with Crippen LogP contribution in [0.1, 0.15) is 38.2 Å². The lowest BCUT2D eigenvalue weighted by molar-refractivity contribution is -0.140. The van der Waals surface area contributed by atoms with Crippen molar-refractivity contribution in [1.82, 2.24) is 20.0 Å². The number of nitrogens with zero attached hydrogens (tertiary/aromatic N) is 3. The third-order valence-electron chi connectivity index (χ3n) is 4.36. The lowest BCUT2D eigenvalue weighted by Crippen LogP contribution is -2.54. The first-order chi connectivity index (χ1) is 11.5. The van der Waals surface area contributed by atoms with Gasteiger partial charge in [-0.2, -0.15) is 5.10 Å². The van der Waals surface area contributed by atoms with E-state index in [0.717, 1.165) is 31.4 Å². The Kier molecular flexibility index (Phi) is 6.78. The SMILES string of the molecule is COCC[C@H](NC(C)=O)C(=O)N1CCCC[C@@H]1Cn1cc(C)cn1. The largest absolute Gasteiger partial charge is 0.385 e. The molecule has 2 heterocycles. The summed E-state index contributed by atoms with van der Waals surface area (Å²) in [5, 5.41) is 7.10. The Hall–Kier alpha value is -1.89. The molecular formula is C17H28N4O3. The van der Waals surface area contributed by atoms with Crippen LogP contribution in [-0.2, 0) is 20.9 Å². The van der Waals surface area contributed by atoms with E-state index in [2.05, 4.69) is 10.4 Å². The Bertz CT molecular complexity index is 558. The van der Waals surface area contributed by atoms with Gasteiger partial charge in [-0.25, -0.2) is 0 Å². The molecule has 0 spiro atoms. The zero-order valence-corrected chi connectivity index (χ0v) is 14.8. The number of carbonyl (C=O) groups is 2. The molecule has 1 aromatic rings. The molecule has 1 aromatic heterocycles. The minimum absolute atomic E-state index is 0.0178. The van der Waals surface area contributed by atoms with Crippen molar-refractivity contribution in [1.29, 1.82) is 0 Å². The third-order valence-corrected chi connectivity index (χ3v) is 4.36. The van der Waals surface area contributed by atoms with Gasteiger partial charge in [0.05, 0.1) is 18.8 Å². The zero-order chi connectivity index (χ0) is 17.5. The fourth-order valence-corrected chi connectivity index (χ4v) is 3.20. The molecule has 0 saturated carbocycles. The van der Waals surface area contributed by atoms with Crippen LogP contribution in [0.25, 0.3) is 0 Å². The Balaban J connectivity index is 2.08. The summed E-state index contributed by atoms with van der Waals surface area (Å²) in [5.74, 6) is -0.212. The van der Waals surface area contributed by atoms with Crippen LogP contribution >= 0.6 is 0 Å². The van der Waals surface area contributed by atoms with E-state index < -0.39 is 6.04 Å². The standard InChI is InChI=1S/C17H28N4O3/c1-13-10-18-20(11-13)12-15-6-4-5-8-21(15)17(23)16(7-9-24-3)19-14(2)22/h10-11,15-16H,4-9,12H2,1-3H3,(H,19,22)/t15-,16+/m1/s1. The fourth-order valence-electron chi connectivity index (χ4n) is 3.20. The van der Waals surface area contributed by atoms with E-state index in [4.69, 9.17) is 4.74 Å². The minimum atomic E-state index is -0.526. The van der Waals surface area contributed by atoms with Crippen LogP contribution in [0.4, 0.5) is 0 Å². The summed E-state index contributed by atoms with van der Waals surface area (Å²) in [6.07, 6.45) is 7.37. The number of ether oxygens (including phenoxy) is 1. The summed E-state index contributed by atoms with van der Waals surface area (Å²) >= 11 is 0. The van der Waals surface area contributed by atoms with E-state index in [9.17, 15) is 9.59 Å². The number of amides is 2.